The van der Waals surface area contributed by atoms with Gasteiger partial charge >= 0.3 is 0 Å². The second-order valence-corrected chi connectivity index (χ2v) is 5.66. The molecule has 0 aliphatic carbocycles. The molecule has 84 valence electrons. The molecule has 1 atom stereocenters. The Kier molecular flexibility index (Phi) is 2.41. The minimum Gasteiger partial charge on any atom is -0.381 e. The van der Waals surface area contributed by atoms with Crippen LogP contribution >= 0.6 is 11.8 Å². The number of ether oxygens (including phenoxy) is 1. The fourth-order valence-corrected chi connectivity index (χ4v) is 4.50. The number of nitrogens with zero attached hydrogens (tertiary/aromatic N) is 1. The predicted molar refractivity (Wildman–Crippen MR) is 57.5 cm³/mol. The van der Waals surface area contributed by atoms with Gasteiger partial charge in [0, 0.05) is 12.8 Å². The largest absolute Gasteiger partial charge is 0.381 e. The van der Waals surface area contributed by atoms with Crippen LogP contribution in [-0.2, 0) is 9.53 Å². The van der Waals surface area contributed by atoms with Crippen LogP contribution in [0.4, 0.5) is 0 Å². The van der Waals surface area contributed by atoms with Crippen LogP contribution in [-0.4, -0.2) is 53.8 Å². The number of quaternary nitrogens is 1. The number of fused-ring (bicyclic) bond motifs is 2. The second-order valence-electron chi connectivity index (χ2n) is 4.59. The van der Waals surface area contributed by atoms with Crippen LogP contribution in [0.1, 0.15) is 12.8 Å². The zero-order valence-electron chi connectivity index (χ0n) is 8.78. The average Bonchev–Trinajstić information content (AvgIpc) is 2.64. The Labute approximate surface area is 93.7 Å². The van der Waals surface area contributed by atoms with Gasteiger partial charge in [0.05, 0.1) is 32.1 Å². The van der Waals surface area contributed by atoms with E-state index in [-0.39, 0.29) is 5.54 Å². The lowest BCUT2D eigenvalue weighted by atomic mass is 9.87. The third kappa shape index (κ3) is 1.48. The van der Waals surface area contributed by atoms with E-state index in [9.17, 15) is 4.79 Å². The lowest BCUT2D eigenvalue weighted by molar-refractivity contribution is -0.741. The summed E-state index contributed by atoms with van der Waals surface area (Å²) in [7, 11) is 0. The molecule has 1 amide bonds. The van der Waals surface area contributed by atoms with E-state index in [4.69, 9.17) is 4.74 Å². The van der Waals surface area contributed by atoms with Crippen molar-refractivity contribution in [3.05, 3.63) is 0 Å². The Hall–Kier alpha value is -0.260. The molecule has 0 saturated carbocycles. The highest BCUT2D eigenvalue weighted by atomic mass is 32.2. The molecule has 3 aliphatic rings. The Morgan fingerprint density at radius 2 is 2.27 bits per heavy atom. The zero-order chi connectivity index (χ0) is 10.3. The van der Waals surface area contributed by atoms with Gasteiger partial charge in [-0.1, -0.05) is 0 Å². The maximum Gasteiger partial charge on any atom is 0.233 e. The van der Waals surface area contributed by atoms with E-state index in [0.717, 1.165) is 39.1 Å². The highest BCUT2D eigenvalue weighted by molar-refractivity contribution is 8.01. The molecule has 1 spiro atoms. The average molecular weight is 229 g/mol. The van der Waals surface area contributed by atoms with Gasteiger partial charge in [0.15, 0.2) is 0 Å². The van der Waals surface area contributed by atoms with Gasteiger partial charge in [0.25, 0.3) is 0 Å². The Morgan fingerprint density at radius 1 is 1.47 bits per heavy atom. The van der Waals surface area contributed by atoms with E-state index in [1.165, 1.54) is 0 Å². The van der Waals surface area contributed by atoms with Crippen LogP contribution in [0.25, 0.3) is 0 Å². The third-order valence-corrected chi connectivity index (χ3v) is 5.26. The van der Waals surface area contributed by atoms with E-state index >= 15 is 0 Å². The summed E-state index contributed by atoms with van der Waals surface area (Å²) in [4.78, 5) is 13.8. The summed E-state index contributed by atoms with van der Waals surface area (Å²) in [6.45, 7) is 3.70. The molecule has 2 N–H and O–H groups in total. The van der Waals surface area contributed by atoms with Crippen molar-refractivity contribution in [1.29, 1.82) is 0 Å². The molecule has 0 aromatic heterocycles. The molecular weight excluding hydrogens is 212 g/mol. The van der Waals surface area contributed by atoms with Gasteiger partial charge in [-0.05, 0) is 0 Å². The molecule has 3 heterocycles. The highest BCUT2D eigenvalue weighted by Gasteiger charge is 2.53. The summed E-state index contributed by atoms with van der Waals surface area (Å²) in [6, 6.07) is 0. The number of thioether (sulfide) groups is 1. The van der Waals surface area contributed by atoms with Gasteiger partial charge in [0.1, 0.15) is 10.9 Å². The highest BCUT2D eigenvalue weighted by Crippen LogP contribution is 2.37. The molecule has 0 radical (unpaired) electrons. The smallest absolute Gasteiger partial charge is 0.233 e. The number of hydrogen-bond acceptors (Lipinski definition) is 3. The normalized spacial score (nSPS) is 34.5. The van der Waals surface area contributed by atoms with Crippen molar-refractivity contribution in [2.45, 2.75) is 23.8 Å². The third-order valence-electron chi connectivity index (χ3n) is 3.80. The Morgan fingerprint density at radius 3 is 3.07 bits per heavy atom. The van der Waals surface area contributed by atoms with Crippen LogP contribution in [0.2, 0.25) is 0 Å². The standard InChI is InChI=1S/C10H16N2O2S/c13-8-7-15-9-10(1-5-14-6-2-10)11-3-4-12(8)9/h9,11H,1-7H2/p+1/t9-/m0/s1. The minimum atomic E-state index is 0.257. The summed E-state index contributed by atoms with van der Waals surface area (Å²) >= 11 is 1.83. The van der Waals surface area contributed by atoms with Gasteiger partial charge in [-0.15, -0.1) is 11.8 Å². The molecule has 5 heteroatoms. The first-order valence-electron chi connectivity index (χ1n) is 5.65. The summed E-state index contributed by atoms with van der Waals surface area (Å²) in [5, 5.41) is 2.87. The summed E-state index contributed by atoms with van der Waals surface area (Å²) < 4.78 is 5.44. The van der Waals surface area contributed by atoms with Crippen LogP contribution in [0.15, 0.2) is 0 Å². The number of carbonyl (C=O) groups excluding carboxylic acids is 1. The summed E-state index contributed by atoms with van der Waals surface area (Å²) in [5.74, 6) is 1.02. The molecule has 0 aromatic rings. The molecule has 3 rings (SSSR count). The number of piperazine rings is 1. The van der Waals surface area contributed by atoms with Crippen molar-refractivity contribution in [1.82, 2.24) is 4.90 Å². The SMILES string of the molecule is O=C1CS[C@@H]2N1CC[NH2+]C21CCOCC1. The number of nitrogens with two attached hydrogens (primary N) is 1. The molecule has 3 fully saturated rings. The summed E-state index contributed by atoms with van der Waals surface area (Å²) in [5.41, 5.74) is 0.257. The fourth-order valence-electron chi connectivity index (χ4n) is 2.97. The van der Waals surface area contributed by atoms with Crippen molar-refractivity contribution in [3.63, 3.8) is 0 Å². The van der Waals surface area contributed by atoms with Crippen LogP contribution < -0.4 is 5.32 Å². The lowest BCUT2D eigenvalue weighted by Crippen LogP contribution is -3.03. The first-order chi connectivity index (χ1) is 7.32. The van der Waals surface area contributed by atoms with E-state index in [1.807, 2.05) is 11.8 Å². The predicted octanol–water partition coefficient (Wildman–Crippen LogP) is -0.986. The lowest BCUT2D eigenvalue weighted by Gasteiger charge is -2.45. The number of carbonyl (C=O) groups is 1. The van der Waals surface area contributed by atoms with Crippen LogP contribution in [0.3, 0.4) is 0 Å². The van der Waals surface area contributed by atoms with E-state index in [2.05, 4.69) is 10.2 Å². The molecule has 0 unspecified atom stereocenters. The maximum absolute atomic E-state index is 11.7. The summed E-state index contributed by atoms with van der Waals surface area (Å²) in [6.07, 6.45) is 2.18. The second kappa shape index (κ2) is 3.64. The molecule has 0 aromatic carbocycles. The fraction of sp³-hybridized carbons (Fsp3) is 0.900. The van der Waals surface area contributed by atoms with Gasteiger partial charge in [-0.25, -0.2) is 0 Å². The first-order valence-corrected chi connectivity index (χ1v) is 6.70. The van der Waals surface area contributed by atoms with E-state index in [0.29, 0.717) is 17.0 Å². The first kappa shape index (κ1) is 9.93. The zero-order valence-corrected chi connectivity index (χ0v) is 9.59. The van der Waals surface area contributed by atoms with Gasteiger partial charge in [-0.2, -0.15) is 0 Å². The van der Waals surface area contributed by atoms with Crippen LogP contribution in [0, 0.1) is 0 Å². The topological polar surface area (TPSA) is 46.2 Å². The van der Waals surface area contributed by atoms with Gasteiger partial charge in [-0.3, -0.25) is 4.79 Å². The molecular formula is C10H17N2O2S+. The van der Waals surface area contributed by atoms with Crippen molar-refractivity contribution in [3.8, 4) is 0 Å². The van der Waals surface area contributed by atoms with Crippen molar-refractivity contribution < 1.29 is 14.8 Å². The van der Waals surface area contributed by atoms with Crippen LogP contribution in [0.5, 0.6) is 0 Å². The number of hydrogen-bond donors (Lipinski definition) is 1. The molecule has 4 nitrogen and oxygen atoms in total. The van der Waals surface area contributed by atoms with Crippen molar-refractivity contribution in [2.75, 3.05) is 32.1 Å². The molecule has 0 bridgehead atoms. The molecule has 3 aliphatic heterocycles. The van der Waals surface area contributed by atoms with Crippen molar-refractivity contribution >= 4 is 17.7 Å². The van der Waals surface area contributed by atoms with E-state index < -0.39 is 0 Å². The Bertz CT molecular complexity index is 273. The van der Waals surface area contributed by atoms with Gasteiger partial charge < -0.3 is 15.0 Å². The van der Waals surface area contributed by atoms with E-state index in [1.54, 1.807) is 0 Å². The Balaban J connectivity index is 1.85. The monoisotopic (exact) mass is 229 g/mol. The van der Waals surface area contributed by atoms with Gasteiger partial charge in [0.2, 0.25) is 5.91 Å². The number of rotatable bonds is 0. The van der Waals surface area contributed by atoms with Crippen molar-refractivity contribution in [2.24, 2.45) is 0 Å². The quantitative estimate of drug-likeness (QED) is 0.580. The minimum absolute atomic E-state index is 0.257. The number of amides is 1. The maximum atomic E-state index is 11.7. The molecule has 15 heavy (non-hydrogen) atoms. The molecule has 3 saturated heterocycles.